The monoisotopic (exact) mass is 273 g/mol. The van der Waals surface area contributed by atoms with E-state index in [2.05, 4.69) is 56.4 Å². The highest BCUT2D eigenvalue weighted by Crippen LogP contribution is 2.18. The number of benzene rings is 2. The van der Waals surface area contributed by atoms with Crippen LogP contribution in [0.3, 0.4) is 0 Å². The molecule has 100 valence electrons. The van der Waals surface area contributed by atoms with E-state index >= 15 is 0 Å². The van der Waals surface area contributed by atoms with Crippen molar-refractivity contribution in [2.45, 2.75) is 33.4 Å². The molecule has 1 N–H and O–H groups in total. The van der Waals surface area contributed by atoms with Crippen molar-refractivity contribution < 1.29 is 0 Å². The zero-order valence-corrected chi connectivity index (χ0v) is 12.5. The van der Waals surface area contributed by atoms with Crippen molar-refractivity contribution in [3.63, 3.8) is 0 Å². The van der Waals surface area contributed by atoms with Crippen LogP contribution in [0.15, 0.2) is 42.5 Å². The first-order valence-corrected chi connectivity index (χ1v) is 6.99. The van der Waals surface area contributed by atoms with Crippen LogP contribution in [0.2, 0.25) is 5.02 Å². The summed E-state index contributed by atoms with van der Waals surface area (Å²) >= 11 is 5.91. The number of hydrogen-bond acceptors (Lipinski definition) is 1. The van der Waals surface area contributed by atoms with Crippen molar-refractivity contribution in [1.82, 2.24) is 5.32 Å². The molecule has 0 spiro atoms. The summed E-state index contributed by atoms with van der Waals surface area (Å²) in [5.41, 5.74) is 5.34. The molecule has 0 saturated heterocycles. The Morgan fingerprint density at radius 1 is 1.05 bits per heavy atom. The third kappa shape index (κ3) is 3.59. The second-order valence-electron chi connectivity index (χ2n) is 5.01. The molecule has 0 fully saturated rings. The predicted octanol–water partition coefficient (Wildman–Crippen LogP) is 4.81. The van der Waals surface area contributed by atoms with Gasteiger partial charge in [0.2, 0.25) is 0 Å². The summed E-state index contributed by atoms with van der Waals surface area (Å²) in [7, 11) is 0. The van der Waals surface area contributed by atoms with E-state index < -0.39 is 0 Å². The van der Waals surface area contributed by atoms with E-state index in [4.69, 9.17) is 11.6 Å². The fraction of sp³-hybridized carbons (Fsp3) is 0.294. The molecule has 2 aromatic carbocycles. The Hall–Kier alpha value is -1.31. The van der Waals surface area contributed by atoms with Gasteiger partial charge in [-0.05, 0) is 55.2 Å². The first-order chi connectivity index (χ1) is 9.08. The molecular weight excluding hydrogens is 254 g/mol. The van der Waals surface area contributed by atoms with Gasteiger partial charge >= 0.3 is 0 Å². The average molecular weight is 274 g/mol. The summed E-state index contributed by atoms with van der Waals surface area (Å²) in [5, 5.41) is 4.34. The molecule has 1 nitrogen and oxygen atoms in total. The molecule has 2 aromatic rings. The van der Waals surface area contributed by atoms with Crippen LogP contribution in [-0.4, -0.2) is 0 Å². The third-order valence-electron chi connectivity index (χ3n) is 3.69. The smallest absolute Gasteiger partial charge is 0.0406 e. The van der Waals surface area contributed by atoms with Crippen molar-refractivity contribution in [3.8, 4) is 0 Å². The van der Waals surface area contributed by atoms with Crippen molar-refractivity contribution >= 4 is 11.6 Å². The topological polar surface area (TPSA) is 12.0 Å². The molecule has 1 atom stereocenters. The minimum absolute atomic E-state index is 0.317. The third-order valence-corrected chi connectivity index (χ3v) is 3.94. The van der Waals surface area contributed by atoms with Gasteiger partial charge in [0.15, 0.2) is 0 Å². The largest absolute Gasteiger partial charge is 0.306 e. The fourth-order valence-electron chi connectivity index (χ4n) is 2.14. The van der Waals surface area contributed by atoms with Crippen LogP contribution in [0.25, 0.3) is 0 Å². The minimum atomic E-state index is 0.317. The molecule has 0 heterocycles. The number of halogens is 1. The van der Waals surface area contributed by atoms with Gasteiger partial charge in [0.1, 0.15) is 0 Å². The standard InChI is InChI=1S/C17H20ClN/c1-12-5-4-6-16(13(12)2)11-19-14(3)15-7-9-17(18)10-8-15/h4-10,14,19H,11H2,1-3H3/t14-/m1/s1. The minimum Gasteiger partial charge on any atom is -0.306 e. The van der Waals surface area contributed by atoms with Gasteiger partial charge in [-0.15, -0.1) is 0 Å². The first-order valence-electron chi connectivity index (χ1n) is 6.62. The van der Waals surface area contributed by atoms with E-state index in [0.717, 1.165) is 11.6 Å². The maximum atomic E-state index is 5.91. The summed E-state index contributed by atoms with van der Waals surface area (Å²) in [6.45, 7) is 7.40. The summed E-state index contributed by atoms with van der Waals surface area (Å²) in [4.78, 5) is 0. The molecule has 0 aromatic heterocycles. The van der Waals surface area contributed by atoms with Crippen molar-refractivity contribution in [1.29, 1.82) is 0 Å². The van der Waals surface area contributed by atoms with Gasteiger partial charge in [-0.3, -0.25) is 0 Å². The fourth-order valence-corrected chi connectivity index (χ4v) is 2.26. The second-order valence-corrected chi connectivity index (χ2v) is 5.45. The first kappa shape index (κ1) is 14.1. The summed E-state index contributed by atoms with van der Waals surface area (Å²) in [6, 6.07) is 14.8. The molecule has 0 radical (unpaired) electrons. The average Bonchev–Trinajstić information content (AvgIpc) is 2.41. The number of aryl methyl sites for hydroxylation is 1. The second kappa shape index (κ2) is 6.23. The molecule has 0 aliphatic rings. The van der Waals surface area contributed by atoms with Crippen LogP contribution in [-0.2, 0) is 6.54 Å². The zero-order chi connectivity index (χ0) is 13.8. The van der Waals surface area contributed by atoms with Crippen molar-refractivity contribution in [3.05, 3.63) is 69.7 Å². The van der Waals surface area contributed by atoms with E-state index in [0.29, 0.717) is 6.04 Å². The molecule has 0 aliphatic carbocycles. The molecule has 0 aliphatic heterocycles. The summed E-state index contributed by atoms with van der Waals surface area (Å²) in [6.07, 6.45) is 0. The van der Waals surface area contributed by atoms with E-state index in [1.54, 1.807) is 0 Å². The molecule has 2 rings (SSSR count). The van der Waals surface area contributed by atoms with Gasteiger partial charge in [0, 0.05) is 17.6 Å². The Kier molecular flexibility index (Phi) is 4.62. The Balaban J connectivity index is 2.02. The molecule has 2 heteroatoms. The summed E-state index contributed by atoms with van der Waals surface area (Å²) < 4.78 is 0. The number of nitrogens with one attached hydrogen (secondary N) is 1. The van der Waals surface area contributed by atoms with Crippen LogP contribution >= 0.6 is 11.6 Å². The van der Waals surface area contributed by atoms with Gasteiger partial charge in [-0.2, -0.15) is 0 Å². The predicted molar refractivity (Wildman–Crippen MR) is 82.6 cm³/mol. The molecule has 0 bridgehead atoms. The van der Waals surface area contributed by atoms with Gasteiger partial charge in [-0.25, -0.2) is 0 Å². The van der Waals surface area contributed by atoms with Crippen LogP contribution in [0.5, 0.6) is 0 Å². The molecule has 19 heavy (non-hydrogen) atoms. The SMILES string of the molecule is Cc1cccc(CN[C@H](C)c2ccc(Cl)cc2)c1C. The van der Waals surface area contributed by atoms with Crippen molar-refractivity contribution in [2.24, 2.45) is 0 Å². The lowest BCUT2D eigenvalue weighted by Gasteiger charge is -2.16. The van der Waals surface area contributed by atoms with Crippen molar-refractivity contribution in [2.75, 3.05) is 0 Å². The van der Waals surface area contributed by atoms with E-state index in [-0.39, 0.29) is 0 Å². The summed E-state index contributed by atoms with van der Waals surface area (Å²) in [5.74, 6) is 0. The Bertz CT molecular complexity index is 546. The molecular formula is C17H20ClN. The highest BCUT2D eigenvalue weighted by molar-refractivity contribution is 6.30. The molecule has 0 amide bonds. The van der Waals surface area contributed by atoms with Gasteiger partial charge in [0.25, 0.3) is 0 Å². The number of hydrogen-bond donors (Lipinski definition) is 1. The Labute approximate surface area is 120 Å². The van der Waals surface area contributed by atoms with Crippen LogP contribution in [0, 0.1) is 13.8 Å². The lowest BCUT2D eigenvalue weighted by Crippen LogP contribution is -2.18. The normalized spacial score (nSPS) is 12.4. The van der Waals surface area contributed by atoms with Crippen LogP contribution in [0.4, 0.5) is 0 Å². The zero-order valence-electron chi connectivity index (χ0n) is 11.7. The molecule has 0 saturated carbocycles. The quantitative estimate of drug-likeness (QED) is 0.843. The van der Waals surface area contributed by atoms with Gasteiger partial charge < -0.3 is 5.32 Å². The van der Waals surface area contributed by atoms with Crippen LogP contribution in [0.1, 0.15) is 35.2 Å². The Morgan fingerprint density at radius 3 is 2.42 bits per heavy atom. The lowest BCUT2D eigenvalue weighted by atomic mass is 10.0. The Morgan fingerprint density at radius 2 is 1.74 bits per heavy atom. The van der Waals surface area contributed by atoms with E-state index in [1.807, 2.05) is 12.1 Å². The highest BCUT2D eigenvalue weighted by Gasteiger charge is 2.06. The van der Waals surface area contributed by atoms with Gasteiger partial charge in [0.05, 0.1) is 0 Å². The maximum absolute atomic E-state index is 5.91. The highest BCUT2D eigenvalue weighted by atomic mass is 35.5. The molecule has 0 unspecified atom stereocenters. The number of rotatable bonds is 4. The van der Waals surface area contributed by atoms with E-state index in [9.17, 15) is 0 Å². The maximum Gasteiger partial charge on any atom is 0.0406 e. The lowest BCUT2D eigenvalue weighted by molar-refractivity contribution is 0.573. The van der Waals surface area contributed by atoms with Crippen LogP contribution < -0.4 is 5.32 Å². The van der Waals surface area contributed by atoms with E-state index in [1.165, 1.54) is 22.3 Å². The van der Waals surface area contributed by atoms with Gasteiger partial charge in [-0.1, -0.05) is 41.9 Å².